The molecule has 0 saturated carbocycles. The van der Waals surface area contributed by atoms with Crippen LogP contribution in [0.15, 0.2) is 36.7 Å². The maximum Gasteiger partial charge on any atom is 0.0349 e. The van der Waals surface area contributed by atoms with Crippen molar-refractivity contribution in [3.63, 3.8) is 0 Å². The molecule has 2 N–H and O–H groups in total. The quantitative estimate of drug-likeness (QED) is 0.867. The first kappa shape index (κ1) is 12.1. The highest BCUT2D eigenvalue weighted by atomic mass is 14.6. The van der Waals surface area contributed by atoms with Crippen molar-refractivity contribution in [1.82, 2.24) is 4.98 Å². The first-order valence-electron chi connectivity index (χ1n) is 6.26. The van der Waals surface area contributed by atoms with E-state index in [1.54, 1.807) is 0 Å². The summed E-state index contributed by atoms with van der Waals surface area (Å²) in [5, 5.41) is 2.41. The van der Waals surface area contributed by atoms with Gasteiger partial charge in [-0.15, -0.1) is 0 Å². The molecule has 0 bridgehead atoms. The van der Waals surface area contributed by atoms with E-state index >= 15 is 0 Å². The summed E-state index contributed by atoms with van der Waals surface area (Å²) in [5.41, 5.74) is 7.50. The first-order valence-corrected chi connectivity index (χ1v) is 6.26. The molecule has 0 fully saturated rings. The average molecular weight is 228 g/mol. The van der Waals surface area contributed by atoms with Crippen LogP contribution in [0.2, 0.25) is 0 Å². The average Bonchev–Trinajstić information content (AvgIpc) is 2.35. The predicted octanol–water partition coefficient (Wildman–Crippen LogP) is 3.67. The van der Waals surface area contributed by atoms with Crippen molar-refractivity contribution in [3.05, 3.63) is 42.2 Å². The molecule has 90 valence electrons. The van der Waals surface area contributed by atoms with Crippen molar-refractivity contribution in [2.45, 2.75) is 32.7 Å². The standard InChI is InChI=1S/C15H20N2/c1-11(2)6-7-15(16)13-5-3-4-12-8-9-17-10-14(12)13/h3-5,8-11,15H,6-7,16H2,1-2H3. The van der Waals surface area contributed by atoms with Crippen molar-refractivity contribution >= 4 is 10.8 Å². The molecule has 0 saturated heterocycles. The van der Waals surface area contributed by atoms with Crippen LogP contribution in [-0.4, -0.2) is 4.98 Å². The molecule has 1 aromatic heterocycles. The fraction of sp³-hybridized carbons (Fsp3) is 0.400. The van der Waals surface area contributed by atoms with Crippen LogP contribution in [-0.2, 0) is 0 Å². The predicted molar refractivity (Wildman–Crippen MR) is 72.7 cm³/mol. The van der Waals surface area contributed by atoms with E-state index in [2.05, 4.69) is 37.0 Å². The molecule has 1 unspecified atom stereocenters. The van der Waals surface area contributed by atoms with Crippen LogP contribution in [0.4, 0.5) is 0 Å². The lowest BCUT2D eigenvalue weighted by molar-refractivity contribution is 0.508. The highest BCUT2D eigenvalue weighted by Crippen LogP contribution is 2.25. The second-order valence-electron chi connectivity index (χ2n) is 5.02. The van der Waals surface area contributed by atoms with Crippen LogP contribution < -0.4 is 5.73 Å². The summed E-state index contributed by atoms with van der Waals surface area (Å²) in [6.07, 6.45) is 5.94. The summed E-state index contributed by atoms with van der Waals surface area (Å²) in [5.74, 6) is 0.703. The number of benzene rings is 1. The van der Waals surface area contributed by atoms with Crippen LogP contribution >= 0.6 is 0 Å². The van der Waals surface area contributed by atoms with Gasteiger partial charge in [0, 0.05) is 23.8 Å². The van der Waals surface area contributed by atoms with Gasteiger partial charge < -0.3 is 5.73 Å². The van der Waals surface area contributed by atoms with Gasteiger partial charge in [0.05, 0.1) is 0 Å². The van der Waals surface area contributed by atoms with Gasteiger partial charge in [-0.2, -0.15) is 0 Å². The molecule has 2 heteroatoms. The Bertz CT molecular complexity index is 486. The van der Waals surface area contributed by atoms with E-state index < -0.39 is 0 Å². The summed E-state index contributed by atoms with van der Waals surface area (Å²) in [6.45, 7) is 4.47. The van der Waals surface area contributed by atoms with Crippen LogP contribution in [0.5, 0.6) is 0 Å². The molecule has 1 heterocycles. The van der Waals surface area contributed by atoms with E-state index in [1.807, 2.05) is 18.5 Å². The lowest BCUT2D eigenvalue weighted by Gasteiger charge is -2.15. The Morgan fingerprint density at radius 2 is 2.00 bits per heavy atom. The minimum atomic E-state index is 0.116. The monoisotopic (exact) mass is 228 g/mol. The minimum Gasteiger partial charge on any atom is -0.324 e. The molecule has 0 spiro atoms. The zero-order chi connectivity index (χ0) is 12.3. The van der Waals surface area contributed by atoms with Gasteiger partial charge in [-0.05, 0) is 35.8 Å². The Hall–Kier alpha value is -1.41. The number of pyridine rings is 1. The molecule has 0 aliphatic heterocycles. The third-order valence-corrected chi connectivity index (χ3v) is 3.17. The third kappa shape index (κ3) is 2.83. The maximum atomic E-state index is 6.28. The Morgan fingerprint density at radius 1 is 1.18 bits per heavy atom. The van der Waals surface area contributed by atoms with Crippen molar-refractivity contribution in [3.8, 4) is 0 Å². The SMILES string of the molecule is CC(C)CCC(N)c1cccc2ccncc12. The zero-order valence-corrected chi connectivity index (χ0v) is 10.6. The largest absolute Gasteiger partial charge is 0.324 e. The number of hydrogen-bond acceptors (Lipinski definition) is 2. The molecule has 17 heavy (non-hydrogen) atoms. The number of rotatable bonds is 4. The van der Waals surface area contributed by atoms with Crippen molar-refractivity contribution in [2.24, 2.45) is 11.7 Å². The topological polar surface area (TPSA) is 38.9 Å². The Kier molecular flexibility index (Phi) is 3.75. The molecular weight excluding hydrogens is 208 g/mol. The summed E-state index contributed by atoms with van der Waals surface area (Å²) >= 11 is 0. The van der Waals surface area contributed by atoms with Gasteiger partial charge >= 0.3 is 0 Å². The van der Waals surface area contributed by atoms with Gasteiger partial charge in [0.2, 0.25) is 0 Å². The molecule has 0 amide bonds. The van der Waals surface area contributed by atoms with Gasteiger partial charge in [0.15, 0.2) is 0 Å². The molecule has 0 radical (unpaired) electrons. The summed E-state index contributed by atoms with van der Waals surface area (Å²) < 4.78 is 0. The van der Waals surface area contributed by atoms with Crippen molar-refractivity contribution in [2.75, 3.05) is 0 Å². The van der Waals surface area contributed by atoms with Gasteiger partial charge in [-0.1, -0.05) is 32.0 Å². The highest BCUT2D eigenvalue weighted by Gasteiger charge is 2.10. The van der Waals surface area contributed by atoms with E-state index in [-0.39, 0.29) is 6.04 Å². The lowest BCUT2D eigenvalue weighted by Crippen LogP contribution is -2.11. The summed E-state index contributed by atoms with van der Waals surface area (Å²) in [6, 6.07) is 8.45. The van der Waals surface area contributed by atoms with Crippen molar-refractivity contribution in [1.29, 1.82) is 0 Å². The third-order valence-electron chi connectivity index (χ3n) is 3.17. The fourth-order valence-corrected chi connectivity index (χ4v) is 2.13. The lowest BCUT2D eigenvalue weighted by atomic mass is 9.95. The minimum absolute atomic E-state index is 0.116. The first-order chi connectivity index (χ1) is 8.18. The number of hydrogen-bond donors (Lipinski definition) is 1. The maximum absolute atomic E-state index is 6.28. The van der Waals surface area contributed by atoms with Crippen LogP contribution in [0.3, 0.4) is 0 Å². The van der Waals surface area contributed by atoms with Crippen LogP contribution in [0.1, 0.15) is 38.3 Å². The molecule has 0 aliphatic rings. The molecule has 2 nitrogen and oxygen atoms in total. The number of nitrogens with zero attached hydrogens (tertiary/aromatic N) is 1. The molecule has 1 atom stereocenters. The Balaban J connectivity index is 2.28. The van der Waals surface area contributed by atoms with Gasteiger partial charge in [-0.25, -0.2) is 0 Å². The van der Waals surface area contributed by atoms with Gasteiger partial charge in [0.1, 0.15) is 0 Å². The molecular formula is C15H20N2. The van der Waals surface area contributed by atoms with E-state index in [0.717, 1.165) is 12.8 Å². The molecule has 2 rings (SSSR count). The van der Waals surface area contributed by atoms with Crippen molar-refractivity contribution < 1.29 is 0 Å². The van der Waals surface area contributed by atoms with E-state index in [9.17, 15) is 0 Å². The van der Waals surface area contributed by atoms with Gasteiger partial charge in [0.25, 0.3) is 0 Å². The van der Waals surface area contributed by atoms with Gasteiger partial charge in [-0.3, -0.25) is 4.98 Å². The highest BCUT2D eigenvalue weighted by molar-refractivity contribution is 5.85. The van der Waals surface area contributed by atoms with Crippen LogP contribution in [0, 0.1) is 5.92 Å². The summed E-state index contributed by atoms with van der Waals surface area (Å²) in [7, 11) is 0. The van der Waals surface area contributed by atoms with E-state index in [0.29, 0.717) is 5.92 Å². The van der Waals surface area contributed by atoms with E-state index in [4.69, 9.17) is 5.73 Å². The molecule has 0 aliphatic carbocycles. The molecule has 2 aromatic rings. The smallest absolute Gasteiger partial charge is 0.0349 e. The Labute approximate surface area is 103 Å². The second-order valence-corrected chi connectivity index (χ2v) is 5.02. The second kappa shape index (κ2) is 5.28. The number of fused-ring (bicyclic) bond motifs is 1. The Morgan fingerprint density at radius 3 is 2.76 bits per heavy atom. The zero-order valence-electron chi connectivity index (χ0n) is 10.6. The fourth-order valence-electron chi connectivity index (χ4n) is 2.13. The summed E-state index contributed by atoms with van der Waals surface area (Å²) in [4.78, 5) is 4.20. The molecule has 1 aromatic carbocycles. The normalized spacial score (nSPS) is 13.2. The number of nitrogens with two attached hydrogens (primary N) is 1. The number of aromatic nitrogens is 1. The van der Waals surface area contributed by atoms with Crippen LogP contribution in [0.25, 0.3) is 10.8 Å². The van der Waals surface area contributed by atoms with E-state index in [1.165, 1.54) is 16.3 Å².